The van der Waals surface area contributed by atoms with E-state index in [1.165, 1.54) is 11.3 Å². The third-order valence-electron chi connectivity index (χ3n) is 2.42. The number of allylic oxidation sites excluding steroid dienone is 1. The zero-order chi connectivity index (χ0) is 10.7. The Morgan fingerprint density at radius 3 is 3.13 bits per heavy atom. The second-order valence-electron chi connectivity index (χ2n) is 3.69. The van der Waals surface area contributed by atoms with E-state index in [4.69, 9.17) is 0 Å². The van der Waals surface area contributed by atoms with E-state index in [0.29, 0.717) is 5.69 Å². The Balaban J connectivity index is 1.97. The molecule has 0 spiro atoms. The second-order valence-corrected chi connectivity index (χ2v) is 4.75. The van der Waals surface area contributed by atoms with Gasteiger partial charge in [0, 0.05) is 11.4 Å². The molecule has 15 heavy (non-hydrogen) atoms. The van der Waals surface area contributed by atoms with Crippen LogP contribution in [-0.2, 0) is 0 Å². The molecule has 80 valence electrons. The average Bonchev–Trinajstić information content (AvgIpc) is 2.66. The number of thiazole rings is 1. The summed E-state index contributed by atoms with van der Waals surface area (Å²) in [6.07, 6.45) is 7.51. The highest BCUT2D eigenvalue weighted by Gasteiger charge is 2.14. The van der Waals surface area contributed by atoms with Gasteiger partial charge in [-0.05, 0) is 26.2 Å². The third kappa shape index (κ3) is 2.65. The summed E-state index contributed by atoms with van der Waals surface area (Å²) in [5.74, 6) is -0.0594. The Hall–Kier alpha value is -1.16. The number of hydrogen-bond acceptors (Lipinski definition) is 3. The first-order chi connectivity index (χ1) is 7.25. The minimum absolute atomic E-state index is 0.0594. The van der Waals surface area contributed by atoms with Crippen LogP contribution in [-0.4, -0.2) is 16.9 Å². The maximum Gasteiger partial charge on any atom is 0.271 e. The molecule has 0 bridgehead atoms. The van der Waals surface area contributed by atoms with Crippen molar-refractivity contribution in [3.63, 3.8) is 0 Å². The summed E-state index contributed by atoms with van der Waals surface area (Å²) in [7, 11) is 0. The predicted octanol–water partition coefficient (Wildman–Crippen LogP) is 2.29. The van der Waals surface area contributed by atoms with Crippen molar-refractivity contribution in [1.82, 2.24) is 10.3 Å². The molecule has 2 rings (SSSR count). The van der Waals surface area contributed by atoms with E-state index < -0.39 is 0 Å². The van der Waals surface area contributed by atoms with Crippen molar-refractivity contribution in [3.8, 4) is 0 Å². The van der Waals surface area contributed by atoms with E-state index in [0.717, 1.165) is 24.3 Å². The van der Waals surface area contributed by atoms with E-state index >= 15 is 0 Å². The number of aromatic nitrogens is 1. The highest BCUT2D eigenvalue weighted by molar-refractivity contribution is 7.09. The molecule has 1 N–H and O–H groups in total. The Bertz CT molecular complexity index is 384. The molecule has 1 aliphatic rings. The van der Waals surface area contributed by atoms with Crippen molar-refractivity contribution in [1.29, 1.82) is 0 Å². The van der Waals surface area contributed by atoms with Gasteiger partial charge in [-0.25, -0.2) is 4.98 Å². The Morgan fingerprint density at radius 1 is 1.67 bits per heavy atom. The van der Waals surface area contributed by atoms with Crippen LogP contribution in [0.5, 0.6) is 0 Å². The maximum absolute atomic E-state index is 11.7. The minimum atomic E-state index is -0.0594. The Labute approximate surface area is 93.2 Å². The van der Waals surface area contributed by atoms with Gasteiger partial charge in [-0.3, -0.25) is 4.79 Å². The van der Waals surface area contributed by atoms with Gasteiger partial charge in [-0.15, -0.1) is 11.3 Å². The van der Waals surface area contributed by atoms with Crippen molar-refractivity contribution in [2.75, 3.05) is 0 Å². The molecule has 1 amide bonds. The molecule has 0 saturated carbocycles. The van der Waals surface area contributed by atoms with Crippen LogP contribution < -0.4 is 5.32 Å². The fraction of sp³-hybridized carbons (Fsp3) is 0.455. The first-order valence-electron chi connectivity index (χ1n) is 5.15. The molecule has 0 aliphatic heterocycles. The van der Waals surface area contributed by atoms with E-state index in [1.807, 2.05) is 6.92 Å². The van der Waals surface area contributed by atoms with E-state index in [2.05, 4.69) is 22.5 Å². The highest BCUT2D eigenvalue weighted by Crippen LogP contribution is 2.12. The third-order valence-corrected chi connectivity index (χ3v) is 3.20. The monoisotopic (exact) mass is 222 g/mol. The second kappa shape index (κ2) is 4.57. The normalized spacial score (nSPS) is 20.2. The SMILES string of the molecule is Cc1nc(C(=O)NC2C=CCCC2)cs1. The summed E-state index contributed by atoms with van der Waals surface area (Å²) in [6.45, 7) is 1.90. The van der Waals surface area contributed by atoms with Gasteiger partial charge in [0.1, 0.15) is 5.69 Å². The van der Waals surface area contributed by atoms with Crippen molar-refractivity contribution in [2.45, 2.75) is 32.2 Å². The minimum Gasteiger partial charge on any atom is -0.344 e. The highest BCUT2D eigenvalue weighted by atomic mass is 32.1. The average molecular weight is 222 g/mol. The molecule has 3 nitrogen and oxygen atoms in total. The summed E-state index contributed by atoms with van der Waals surface area (Å²) in [4.78, 5) is 15.9. The van der Waals surface area contributed by atoms with Gasteiger partial charge in [0.2, 0.25) is 0 Å². The number of rotatable bonds is 2. The lowest BCUT2D eigenvalue weighted by Crippen LogP contribution is -2.34. The standard InChI is InChI=1S/C11H14N2OS/c1-8-12-10(7-15-8)11(14)13-9-5-3-2-4-6-9/h3,5,7,9H,2,4,6H2,1H3,(H,13,14). The van der Waals surface area contributed by atoms with Gasteiger partial charge < -0.3 is 5.32 Å². The molecule has 0 radical (unpaired) electrons. The molecule has 1 unspecified atom stereocenters. The Morgan fingerprint density at radius 2 is 2.53 bits per heavy atom. The van der Waals surface area contributed by atoms with Crippen molar-refractivity contribution < 1.29 is 4.79 Å². The summed E-state index contributed by atoms with van der Waals surface area (Å²) < 4.78 is 0. The quantitative estimate of drug-likeness (QED) is 0.780. The lowest BCUT2D eigenvalue weighted by molar-refractivity contribution is 0.0937. The zero-order valence-electron chi connectivity index (χ0n) is 8.69. The van der Waals surface area contributed by atoms with Crippen LogP contribution >= 0.6 is 11.3 Å². The molecule has 4 heteroatoms. The van der Waals surface area contributed by atoms with Gasteiger partial charge in [0.05, 0.1) is 5.01 Å². The maximum atomic E-state index is 11.7. The van der Waals surface area contributed by atoms with Gasteiger partial charge in [0.15, 0.2) is 0 Å². The van der Waals surface area contributed by atoms with Crippen LogP contribution in [0.2, 0.25) is 0 Å². The van der Waals surface area contributed by atoms with Crippen LogP contribution in [0.3, 0.4) is 0 Å². The molecule has 0 saturated heterocycles. The van der Waals surface area contributed by atoms with Crippen LogP contribution in [0, 0.1) is 6.92 Å². The molecule has 1 aliphatic carbocycles. The van der Waals surface area contributed by atoms with Crippen molar-refractivity contribution in [3.05, 3.63) is 28.2 Å². The lowest BCUT2D eigenvalue weighted by atomic mass is 10.0. The first-order valence-corrected chi connectivity index (χ1v) is 6.03. The van der Waals surface area contributed by atoms with Crippen LogP contribution in [0.1, 0.15) is 34.8 Å². The molecular weight excluding hydrogens is 208 g/mol. The van der Waals surface area contributed by atoms with Crippen molar-refractivity contribution in [2.24, 2.45) is 0 Å². The predicted molar refractivity (Wildman–Crippen MR) is 61.1 cm³/mol. The van der Waals surface area contributed by atoms with Gasteiger partial charge in [0.25, 0.3) is 5.91 Å². The first kappa shape index (κ1) is 10.4. The summed E-state index contributed by atoms with van der Waals surface area (Å²) >= 11 is 1.50. The fourth-order valence-corrected chi connectivity index (χ4v) is 2.24. The number of carbonyl (C=O) groups excluding carboxylic acids is 1. The smallest absolute Gasteiger partial charge is 0.271 e. The van der Waals surface area contributed by atoms with Crippen LogP contribution in [0.15, 0.2) is 17.5 Å². The molecule has 1 aromatic heterocycles. The lowest BCUT2D eigenvalue weighted by Gasteiger charge is -2.17. The summed E-state index contributed by atoms with van der Waals surface area (Å²) in [6, 6.07) is 0.188. The van der Waals surface area contributed by atoms with Gasteiger partial charge >= 0.3 is 0 Å². The molecule has 1 heterocycles. The topological polar surface area (TPSA) is 42.0 Å². The van der Waals surface area contributed by atoms with Crippen LogP contribution in [0.4, 0.5) is 0 Å². The fourth-order valence-electron chi connectivity index (χ4n) is 1.64. The summed E-state index contributed by atoms with van der Waals surface area (Å²) in [5.41, 5.74) is 0.538. The zero-order valence-corrected chi connectivity index (χ0v) is 9.51. The Kier molecular flexibility index (Phi) is 3.16. The van der Waals surface area contributed by atoms with Crippen molar-refractivity contribution >= 4 is 17.2 Å². The molecule has 1 atom stereocenters. The number of amides is 1. The van der Waals surface area contributed by atoms with Gasteiger partial charge in [-0.2, -0.15) is 0 Å². The number of aryl methyl sites for hydroxylation is 1. The van der Waals surface area contributed by atoms with E-state index in [9.17, 15) is 4.79 Å². The van der Waals surface area contributed by atoms with Crippen LogP contribution in [0.25, 0.3) is 0 Å². The van der Waals surface area contributed by atoms with E-state index in [1.54, 1.807) is 5.38 Å². The summed E-state index contributed by atoms with van der Waals surface area (Å²) in [5, 5.41) is 5.70. The van der Waals surface area contributed by atoms with E-state index in [-0.39, 0.29) is 11.9 Å². The number of nitrogens with one attached hydrogen (secondary N) is 1. The largest absolute Gasteiger partial charge is 0.344 e. The number of nitrogens with zero attached hydrogens (tertiary/aromatic N) is 1. The number of hydrogen-bond donors (Lipinski definition) is 1. The molecule has 0 fully saturated rings. The molecule has 1 aromatic rings. The molecule has 0 aromatic carbocycles. The molecular formula is C11H14N2OS. The van der Waals surface area contributed by atoms with Gasteiger partial charge in [-0.1, -0.05) is 12.2 Å². The number of carbonyl (C=O) groups is 1.